The lowest BCUT2D eigenvalue weighted by atomic mass is 9.99. The van der Waals surface area contributed by atoms with Crippen LogP contribution in [0.4, 0.5) is 5.69 Å². The highest BCUT2D eigenvalue weighted by Crippen LogP contribution is 2.26. The van der Waals surface area contributed by atoms with Crippen molar-refractivity contribution in [1.29, 1.82) is 0 Å². The van der Waals surface area contributed by atoms with Gasteiger partial charge in [0.15, 0.2) is 0 Å². The molecule has 0 aromatic heterocycles. The minimum Gasteiger partial charge on any atom is -0.355 e. The quantitative estimate of drug-likeness (QED) is 0.847. The van der Waals surface area contributed by atoms with Crippen LogP contribution < -0.4 is 10.6 Å². The Morgan fingerprint density at radius 3 is 2.76 bits per heavy atom. The van der Waals surface area contributed by atoms with E-state index in [2.05, 4.69) is 28.9 Å². The summed E-state index contributed by atoms with van der Waals surface area (Å²) in [6.07, 6.45) is 4.60. The molecule has 1 heterocycles. The Hall–Kier alpha value is -1.56. The van der Waals surface area contributed by atoms with Gasteiger partial charge in [0.05, 0.1) is 5.69 Å². The molecule has 1 aliphatic rings. The predicted molar refractivity (Wildman–Crippen MR) is 86.0 cm³/mol. The van der Waals surface area contributed by atoms with Crippen LogP contribution in [0.2, 0.25) is 0 Å². The molecule has 21 heavy (non-hydrogen) atoms. The number of fused-ring (bicyclic) bond motifs is 1. The van der Waals surface area contributed by atoms with Crippen LogP contribution in [-0.4, -0.2) is 20.9 Å². The van der Waals surface area contributed by atoms with Crippen molar-refractivity contribution >= 4 is 21.7 Å². The third-order valence-electron chi connectivity index (χ3n) is 3.73. The average molecular weight is 309 g/mol. The van der Waals surface area contributed by atoms with E-state index in [9.17, 15) is 8.42 Å². The monoisotopic (exact) mass is 309 g/mol. The van der Waals surface area contributed by atoms with E-state index >= 15 is 0 Å². The second-order valence-electron chi connectivity index (χ2n) is 5.33. The summed E-state index contributed by atoms with van der Waals surface area (Å²) in [6, 6.07) is 6.82. The number of nitrogens with one attached hydrogen (secondary N) is 2. The van der Waals surface area contributed by atoms with Crippen molar-refractivity contribution in [2.75, 3.05) is 11.9 Å². The van der Waals surface area contributed by atoms with Crippen LogP contribution in [0.5, 0.6) is 0 Å². The van der Waals surface area contributed by atoms with Gasteiger partial charge in [0.2, 0.25) is 5.96 Å². The van der Waals surface area contributed by atoms with Crippen LogP contribution in [0.3, 0.4) is 0 Å². The lowest BCUT2D eigenvalue weighted by Crippen LogP contribution is -2.37. The maximum Gasteiger partial charge on any atom is 0.287 e. The van der Waals surface area contributed by atoms with Crippen molar-refractivity contribution in [2.45, 2.75) is 44.4 Å². The number of hydrogen-bond acceptors (Lipinski definition) is 4. The Morgan fingerprint density at radius 2 is 2.05 bits per heavy atom. The summed E-state index contributed by atoms with van der Waals surface area (Å²) >= 11 is 0. The van der Waals surface area contributed by atoms with Crippen LogP contribution >= 0.6 is 0 Å². The lowest BCUT2D eigenvalue weighted by Gasteiger charge is -2.21. The first-order chi connectivity index (χ1) is 10.1. The van der Waals surface area contributed by atoms with Gasteiger partial charge in [-0.25, -0.2) is 0 Å². The van der Waals surface area contributed by atoms with E-state index in [-0.39, 0.29) is 4.90 Å². The molecule has 0 aliphatic carbocycles. The van der Waals surface area contributed by atoms with Gasteiger partial charge in [-0.2, -0.15) is 8.42 Å². The van der Waals surface area contributed by atoms with Gasteiger partial charge in [0, 0.05) is 6.54 Å². The number of hydrogen-bond donors (Lipinski definition) is 2. The SMILES string of the molecule is CCCCC(CC)CNC1=NS(=O)(=O)c2ccccc2N1. The smallest absolute Gasteiger partial charge is 0.287 e. The summed E-state index contributed by atoms with van der Waals surface area (Å²) in [6.45, 7) is 5.07. The average Bonchev–Trinajstić information content (AvgIpc) is 2.47. The largest absolute Gasteiger partial charge is 0.355 e. The molecule has 1 aliphatic heterocycles. The zero-order chi connectivity index (χ0) is 15.3. The van der Waals surface area contributed by atoms with Crippen molar-refractivity contribution in [2.24, 2.45) is 10.3 Å². The molecular weight excluding hydrogens is 286 g/mol. The molecular formula is C15H23N3O2S. The van der Waals surface area contributed by atoms with Crippen molar-refractivity contribution in [3.05, 3.63) is 24.3 Å². The zero-order valence-electron chi connectivity index (χ0n) is 12.6. The number of unbranched alkanes of at least 4 members (excludes halogenated alkanes) is 1. The number of anilines is 1. The van der Waals surface area contributed by atoms with E-state index in [0.717, 1.165) is 19.4 Å². The molecule has 0 bridgehead atoms. The van der Waals surface area contributed by atoms with Crippen LogP contribution in [-0.2, 0) is 10.0 Å². The van der Waals surface area contributed by atoms with Gasteiger partial charge in [-0.05, 0) is 24.5 Å². The Morgan fingerprint density at radius 1 is 1.29 bits per heavy atom. The molecule has 0 fully saturated rings. The van der Waals surface area contributed by atoms with Gasteiger partial charge >= 0.3 is 0 Å². The second kappa shape index (κ2) is 6.93. The molecule has 2 rings (SSSR count). The molecule has 0 saturated heterocycles. The van der Waals surface area contributed by atoms with E-state index in [1.807, 2.05) is 0 Å². The first-order valence-corrected chi connectivity index (χ1v) is 8.95. The van der Waals surface area contributed by atoms with Gasteiger partial charge in [0.25, 0.3) is 10.0 Å². The highest BCUT2D eigenvalue weighted by Gasteiger charge is 2.24. The first-order valence-electron chi connectivity index (χ1n) is 7.51. The number of guanidine groups is 1. The summed E-state index contributed by atoms with van der Waals surface area (Å²) in [5.41, 5.74) is 0.580. The van der Waals surface area contributed by atoms with Crippen LogP contribution in [0, 0.1) is 5.92 Å². The highest BCUT2D eigenvalue weighted by molar-refractivity contribution is 7.90. The molecule has 1 unspecified atom stereocenters. The number of para-hydroxylation sites is 1. The molecule has 2 N–H and O–H groups in total. The van der Waals surface area contributed by atoms with Crippen LogP contribution in [0.15, 0.2) is 33.6 Å². The summed E-state index contributed by atoms with van der Waals surface area (Å²) in [5, 5.41) is 6.19. The maximum atomic E-state index is 12.1. The van der Waals surface area contributed by atoms with Crippen molar-refractivity contribution in [3.63, 3.8) is 0 Å². The Labute approximate surface area is 126 Å². The summed E-state index contributed by atoms with van der Waals surface area (Å²) in [7, 11) is -3.60. The minimum absolute atomic E-state index is 0.230. The van der Waals surface area contributed by atoms with E-state index in [1.54, 1.807) is 24.3 Å². The molecule has 1 atom stereocenters. The minimum atomic E-state index is -3.60. The highest BCUT2D eigenvalue weighted by atomic mass is 32.2. The number of sulfonamides is 1. The molecule has 1 aromatic carbocycles. The molecule has 5 nitrogen and oxygen atoms in total. The van der Waals surface area contributed by atoms with Crippen molar-refractivity contribution in [3.8, 4) is 0 Å². The fraction of sp³-hybridized carbons (Fsp3) is 0.533. The number of nitrogens with zero attached hydrogens (tertiary/aromatic N) is 1. The van der Waals surface area contributed by atoms with Crippen molar-refractivity contribution in [1.82, 2.24) is 5.32 Å². The molecule has 1 aromatic rings. The van der Waals surface area contributed by atoms with E-state index in [1.165, 1.54) is 12.8 Å². The third-order valence-corrected chi connectivity index (χ3v) is 5.07. The van der Waals surface area contributed by atoms with Gasteiger partial charge in [-0.1, -0.05) is 45.2 Å². The Kier molecular flexibility index (Phi) is 5.22. The van der Waals surface area contributed by atoms with Gasteiger partial charge < -0.3 is 10.6 Å². The molecule has 116 valence electrons. The molecule has 0 amide bonds. The topological polar surface area (TPSA) is 70.6 Å². The third kappa shape index (κ3) is 3.97. The number of benzene rings is 1. The molecule has 6 heteroatoms. The van der Waals surface area contributed by atoms with Gasteiger partial charge in [-0.3, -0.25) is 0 Å². The Bertz CT molecular complexity index is 611. The standard InChI is InChI=1S/C15H23N3O2S/c1-3-5-8-12(4-2)11-16-15-17-13-9-6-7-10-14(13)21(19,20)18-15/h6-7,9-10,12H,3-5,8,11H2,1-2H3,(H2,16,17,18). The first kappa shape index (κ1) is 15.8. The summed E-state index contributed by atoms with van der Waals surface area (Å²) in [5.74, 6) is 0.859. The van der Waals surface area contributed by atoms with E-state index in [0.29, 0.717) is 17.6 Å². The van der Waals surface area contributed by atoms with Crippen LogP contribution in [0.1, 0.15) is 39.5 Å². The van der Waals surface area contributed by atoms with E-state index in [4.69, 9.17) is 0 Å². The fourth-order valence-corrected chi connectivity index (χ4v) is 3.47. The normalized spacial score (nSPS) is 17.3. The predicted octanol–water partition coefficient (Wildman–Crippen LogP) is 2.96. The summed E-state index contributed by atoms with van der Waals surface area (Å²) < 4.78 is 28.0. The van der Waals surface area contributed by atoms with Crippen molar-refractivity contribution < 1.29 is 8.42 Å². The van der Waals surface area contributed by atoms with E-state index < -0.39 is 10.0 Å². The number of rotatable bonds is 6. The maximum absolute atomic E-state index is 12.1. The lowest BCUT2D eigenvalue weighted by molar-refractivity contribution is 0.446. The zero-order valence-corrected chi connectivity index (χ0v) is 13.4. The molecule has 0 saturated carbocycles. The van der Waals surface area contributed by atoms with Gasteiger partial charge in [0.1, 0.15) is 4.90 Å². The van der Waals surface area contributed by atoms with Gasteiger partial charge in [-0.15, -0.1) is 4.40 Å². The molecule has 0 spiro atoms. The Balaban J connectivity index is 2.04. The molecule has 0 radical (unpaired) electrons. The fourth-order valence-electron chi connectivity index (χ4n) is 2.38. The second-order valence-corrected chi connectivity index (χ2v) is 6.91. The summed E-state index contributed by atoms with van der Waals surface area (Å²) in [4.78, 5) is 0.230. The van der Waals surface area contributed by atoms with Crippen LogP contribution in [0.25, 0.3) is 0 Å².